The van der Waals surface area contributed by atoms with Crippen LogP contribution in [-0.2, 0) is 6.54 Å². The Labute approximate surface area is 97.4 Å². The molecule has 4 heteroatoms. The summed E-state index contributed by atoms with van der Waals surface area (Å²) in [7, 11) is 0. The summed E-state index contributed by atoms with van der Waals surface area (Å²) in [5.41, 5.74) is 3.86. The Morgan fingerprint density at radius 1 is 1.31 bits per heavy atom. The predicted octanol–water partition coefficient (Wildman–Crippen LogP) is 1.25. The van der Waals surface area contributed by atoms with Crippen LogP contribution in [0.5, 0.6) is 0 Å². The molecule has 0 saturated carbocycles. The first kappa shape index (κ1) is 11.6. The van der Waals surface area contributed by atoms with Gasteiger partial charge in [0.1, 0.15) is 0 Å². The van der Waals surface area contributed by atoms with Crippen LogP contribution in [0.1, 0.15) is 36.7 Å². The number of rotatable bonds is 3. The molecule has 0 aromatic carbocycles. The number of nitrogens with zero attached hydrogens (tertiary/aromatic N) is 2. The molecule has 1 aromatic rings. The van der Waals surface area contributed by atoms with E-state index in [1.165, 1.54) is 17.0 Å². The zero-order chi connectivity index (χ0) is 11.5. The van der Waals surface area contributed by atoms with E-state index >= 15 is 0 Å². The first-order valence-corrected chi connectivity index (χ1v) is 6.15. The van der Waals surface area contributed by atoms with E-state index in [1.54, 1.807) is 0 Å². The van der Waals surface area contributed by atoms with Crippen LogP contribution in [0.15, 0.2) is 0 Å². The molecule has 0 bridgehead atoms. The molecule has 1 aliphatic heterocycles. The van der Waals surface area contributed by atoms with Gasteiger partial charge in [0.05, 0.1) is 5.69 Å². The highest BCUT2D eigenvalue weighted by Gasteiger charge is 2.17. The van der Waals surface area contributed by atoms with Crippen LogP contribution < -0.4 is 5.32 Å². The highest BCUT2D eigenvalue weighted by atomic mass is 15.2. The van der Waals surface area contributed by atoms with Crippen LogP contribution in [0, 0.1) is 6.92 Å². The lowest BCUT2D eigenvalue weighted by Crippen LogP contribution is -2.43. The summed E-state index contributed by atoms with van der Waals surface area (Å²) >= 11 is 0. The number of hydrogen-bond acceptors (Lipinski definition) is 3. The summed E-state index contributed by atoms with van der Waals surface area (Å²) in [6, 6.07) is 0. The molecule has 1 fully saturated rings. The van der Waals surface area contributed by atoms with Gasteiger partial charge in [-0.1, -0.05) is 13.8 Å². The van der Waals surface area contributed by atoms with Gasteiger partial charge in [0, 0.05) is 44.0 Å². The first-order chi connectivity index (χ1) is 7.68. The van der Waals surface area contributed by atoms with E-state index in [2.05, 4.69) is 41.2 Å². The highest BCUT2D eigenvalue weighted by Crippen LogP contribution is 2.21. The molecule has 0 atom stereocenters. The molecule has 2 heterocycles. The van der Waals surface area contributed by atoms with E-state index in [0.717, 1.165) is 32.7 Å². The van der Waals surface area contributed by atoms with Crippen molar-refractivity contribution in [3.05, 3.63) is 17.0 Å². The van der Waals surface area contributed by atoms with Crippen molar-refractivity contribution in [2.24, 2.45) is 0 Å². The molecular formula is C12H22N4. The van der Waals surface area contributed by atoms with E-state index in [-0.39, 0.29) is 0 Å². The summed E-state index contributed by atoms with van der Waals surface area (Å²) in [5.74, 6) is 0.503. The van der Waals surface area contributed by atoms with Gasteiger partial charge in [-0.2, -0.15) is 5.10 Å². The Bertz CT molecular complexity index is 337. The monoisotopic (exact) mass is 222 g/mol. The summed E-state index contributed by atoms with van der Waals surface area (Å²) in [5, 5.41) is 10.9. The molecule has 1 aromatic heterocycles. The van der Waals surface area contributed by atoms with Crippen molar-refractivity contribution >= 4 is 0 Å². The molecular weight excluding hydrogens is 200 g/mol. The van der Waals surface area contributed by atoms with Gasteiger partial charge in [-0.15, -0.1) is 0 Å². The van der Waals surface area contributed by atoms with Crippen LogP contribution in [-0.4, -0.2) is 41.3 Å². The molecule has 0 aliphatic carbocycles. The van der Waals surface area contributed by atoms with Crippen molar-refractivity contribution in [1.82, 2.24) is 20.4 Å². The minimum atomic E-state index is 0.503. The fraction of sp³-hybridized carbons (Fsp3) is 0.750. The van der Waals surface area contributed by atoms with E-state index in [4.69, 9.17) is 0 Å². The summed E-state index contributed by atoms with van der Waals surface area (Å²) in [4.78, 5) is 2.50. The molecule has 2 rings (SSSR count). The first-order valence-electron chi connectivity index (χ1n) is 6.15. The Balaban J connectivity index is 2.09. The number of H-pyrrole nitrogens is 1. The van der Waals surface area contributed by atoms with Crippen LogP contribution in [0.4, 0.5) is 0 Å². The number of hydrogen-bond donors (Lipinski definition) is 2. The van der Waals surface area contributed by atoms with Crippen LogP contribution in [0.25, 0.3) is 0 Å². The summed E-state index contributed by atoms with van der Waals surface area (Å²) < 4.78 is 0. The lowest BCUT2D eigenvalue weighted by molar-refractivity contribution is 0.232. The van der Waals surface area contributed by atoms with Crippen LogP contribution in [0.3, 0.4) is 0 Å². The second-order valence-corrected chi connectivity index (χ2v) is 4.89. The van der Waals surface area contributed by atoms with Crippen molar-refractivity contribution in [1.29, 1.82) is 0 Å². The molecule has 90 valence electrons. The molecule has 16 heavy (non-hydrogen) atoms. The van der Waals surface area contributed by atoms with Gasteiger partial charge in [-0.25, -0.2) is 0 Å². The van der Waals surface area contributed by atoms with Crippen molar-refractivity contribution < 1.29 is 0 Å². The molecule has 1 saturated heterocycles. The number of aryl methyl sites for hydroxylation is 1. The molecule has 0 radical (unpaired) electrons. The average Bonchev–Trinajstić information content (AvgIpc) is 2.62. The van der Waals surface area contributed by atoms with Crippen LogP contribution >= 0.6 is 0 Å². The van der Waals surface area contributed by atoms with Crippen molar-refractivity contribution in [3.63, 3.8) is 0 Å². The summed E-state index contributed by atoms with van der Waals surface area (Å²) in [6.45, 7) is 12.1. The molecule has 2 N–H and O–H groups in total. The number of aromatic nitrogens is 2. The molecule has 0 unspecified atom stereocenters. The van der Waals surface area contributed by atoms with E-state index < -0.39 is 0 Å². The minimum absolute atomic E-state index is 0.503. The van der Waals surface area contributed by atoms with Gasteiger partial charge in [-0.05, 0) is 12.8 Å². The number of nitrogens with one attached hydrogen (secondary N) is 2. The summed E-state index contributed by atoms with van der Waals surface area (Å²) in [6.07, 6.45) is 0. The third-order valence-corrected chi connectivity index (χ3v) is 3.24. The maximum absolute atomic E-state index is 4.41. The third-order valence-electron chi connectivity index (χ3n) is 3.24. The van der Waals surface area contributed by atoms with Gasteiger partial charge >= 0.3 is 0 Å². The van der Waals surface area contributed by atoms with Gasteiger partial charge in [0.15, 0.2) is 0 Å². The second-order valence-electron chi connectivity index (χ2n) is 4.89. The smallest absolute Gasteiger partial charge is 0.0695 e. The Morgan fingerprint density at radius 2 is 2.00 bits per heavy atom. The lowest BCUT2D eigenvalue weighted by Gasteiger charge is -2.27. The predicted molar refractivity (Wildman–Crippen MR) is 65.6 cm³/mol. The zero-order valence-electron chi connectivity index (χ0n) is 10.5. The Kier molecular flexibility index (Phi) is 3.61. The fourth-order valence-corrected chi connectivity index (χ4v) is 2.24. The molecule has 1 aliphatic rings. The van der Waals surface area contributed by atoms with Gasteiger partial charge in [0.25, 0.3) is 0 Å². The number of aromatic amines is 1. The van der Waals surface area contributed by atoms with E-state index in [1.807, 2.05) is 0 Å². The maximum atomic E-state index is 4.41. The molecule has 0 spiro atoms. The standard InChI is InChI=1S/C12H22N4/c1-9(2)12-11(10(3)14-15-12)8-16-6-4-13-5-7-16/h9,13H,4-8H2,1-3H3,(H,14,15). The number of piperazine rings is 1. The van der Waals surface area contributed by atoms with Gasteiger partial charge in [0.2, 0.25) is 0 Å². The van der Waals surface area contributed by atoms with E-state index in [9.17, 15) is 0 Å². The van der Waals surface area contributed by atoms with Crippen molar-refractivity contribution in [3.8, 4) is 0 Å². The van der Waals surface area contributed by atoms with Crippen molar-refractivity contribution in [2.45, 2.75) is 33.2 Å². The second kappa shape index (κ2) is 4.97. The maximum Gasteiger partial charge on any atom is 0.0695 e. The fourth-order valence-electron chi connectivity index (χ4n) is 2.24. The molecule has 4 nitrogen and oxygen atoms in total. The topological polar surface area (TPSA) is 44.0 Å². The molecule has 0 amide bonds. The Hall–Kier alpha value is -0.870. The van der Waals surface area contributed by atoms with Gasteiger partial charge < -0.3 is 5.32 Å². The van der Waals surface area contributed by atoms with Gasteiger partial charge in [-0.3, -0.25) is 10.00 Å². The van der Waals surface area contributed by atoms with Crippen molar-refractivity contribution in [2.75, 3.05) is 26.2 Å². The highest BCUT2D eigenvalue weighted by molar-refractivity contribution is 5.26. The normalized spacial score (nSPS) is 18.2. The largest absolute Gasteiger partial charge is 0.314 e. The third kappa shape index (κ3) is 2.44. The van der Waals surface area contributed by atoms with Crippen LogP contribution in [0.2, 0.25) is 0 Å². The van der Waals surface area contributed by atoms with E-state index in [0.29, 0.717) is 5.92 Å². The average molecular weight is 222 g/mol. The quantitative estimate of drug-likeness (QED) is 0.809. The zero-order valence-corrected chi connectivity index (χ0v) is 10.5. The lowest BCUT2D eigenvalue weighted by atomic mass is 10.0. The SMILES string of the molecule is Cc1[nH]nc(C(C)C)c1CN1CCNCC1. The minimum Gasteiger partial charge on any atom is -0.314 e. The Morgan fingerprint density at radius 3 is 2.62 bits per heavy atom.